The average Bonchev–Trinajstić information content (AvgIpc) is 2.73. The number of methoxy groups -OCH3 is 2. The molecule has 0 aromatic heterocycles. The standard InChI is InChI=1S/C22H23ClN2O5/c1-12(2)30-17-10-7-14(23)11-16(17)20-18(21(26)29-4)19(24-22(27)25-20)13-5-8-15(28-3)9-6-13/h5-12,20H,1-4H3,(H2,24,25,27). The summed E-state index contributed by atoms with van der Waals surface area (Å²) in [6.07, 6.45) is -0.117. The maximum atomic E-state index is 12.8. The molecule has 8 heteroatoms. The van der Waals surface area contributed by atoms with Gasteiger partial charge in [-0.15, -0.1) is 0 Å². The number of carbonyl (C=O) groups is 2. The summed E-state index contributed by atoms with van der Waals surface area (Å²) >= 11 is 6.23. The van der Waals surface area contributed by atoms with Crippen LogP contribution < -0.4 is 20.1 Å². The van der Waals surface area contributed by atoms with Gasteiger partial charge in [-0.2, -0.15) is 0 Å². The second kappa shape index (κ2) is 9.09. The molecule has 2 aromatic rings. The molecule has 1 heterocycles. The van der Waals surface area contributed by atoms with E-state index in [1.54, 1.807) is 49.6 Å². The fraction of sp³-hybridized carbons (Fsp3) is 0.273. The molecule has 158 valence electrons. The number of halogens is 1. The van der Waals surface area contributed by atoms with Crippen molar-refractivity contribution in [2.45, 2.75) is 26.0 Å². The van der Waals surface area contributed by atoms with Crippen molar-refractivity contribution in [2.75, 3.05) is 14.2 Å². The predicted octanol–water partition coefficient (Wildman–Crippen LogP) is 4.07. The van der Waals surface area contributed by atoms with Gasteiger partial charge in [0.1, 0.15) is 11.5 Å². The minimum absolute atomic E-state index is 0.117. The molecule has 2 amide bonds. The lowest BCUT2D eigenvalue weighted by atomic mass is 9.92. The Hall–Kier alpha value is -3.19. The number of esters is 1. The summed E-state index contributed by atoms with van der Waals surface area (Å²) in [5.41, 5.74) is 1.76. The lowest BCUT2D eigenvalue weighted by molar-refractivity contribution is -0.136. The molecule has 0 bridgehead atoms. The zero-order chi connectivity index (χ0) is 21.8. The molecule has 2 aromatic carbocycles. The molecule has 1 atom stereocenters. The van der Waals surface area contributed by atoms with Crippen LogP contribution in [0.25, 0.3) is 5.70 Å². The van der Waals surface area contributed by atoms with E-state index in [0.29, 0.717) is 33.3 Å². The van der Waals surface area contributed by atoms with Crippen molar-refractivity contribution < 1.29 is 23.8 Å². The molecular weight excluding hydrogens is 408 g/mol. The summed E-state index contributed by atoms with van der Waals surface area (Å²) in [6.45, 7) is 3.78. The van der Waals surface area contributed by atoms with Gasteiger partial charge in [0.25, 0.3) is 0 Å². The zero-order valence-corrected chi connectivity index (χ0v) is 17.9. The van der Waals surface area contributed by atoms with Crippen LogP contribution >= 0.6 is 11.6 Å². The number of hydrogen-bond donors (Lipinski definition) is 2. The Balaban J connectivity index is 2.21. The highest BCUT2D eigenvalue weighted by Gasteiger charge is 2.36. The third kappa shape index (κ3) is 4.52. The van der Waals surface area contributed by atoms with E-state index in [9.17, 15) is 9.59 Å². The highest BCUT2D eigenvalue weighted by atomic mass is 35.5. The average molecular weight is 431 g/mol. The molecule has 0 saturated heterocycles. The van der Waals surface area contributed by atoms with Crippen molar-refractivity contribution in [1.82, 2.24) is 10.6 Å². The highest BCUT2D eigenvalue weighted by Crippen LogP contribution is 2.38. The largest absolute Gasteiger partial charge is 0.497 e. The first kappa shape index (κ1) is 21.5. The summed E-state index contributed by atoms with van der Waals surface area (Å²) in [5.74, 6) is 0.573. The van der Waals surface area contributed by atoms with Crippen LogP contribution in [0.1, 0.15) is 31.0 Å². The number of hydrogen-bond acceptors (Lipinski definition) is 5. The van der Waals surface area contributed by atoms with Gasteiger partial charge >= 0.3 is 12.0 Å². The van der Waals surface area contributed by atoms with Crippen LogP contribution in [-0.2, 0) is 9.53 Å². The lowest BCUT2D eigenvalue weighted by Gasteiger charge is -2.30. The number of rotatable bonds is 6. The van der Waals surface area contributed by atoms with Crippen LogP contribution in [0.5, 0.6) is 11.5 Å². The van der Waals surface area contributed by atoms with Crippen molar-refractivity contribution in [3.63, 3.8) is 0 Å². The third-order valence-corrected chi connectivity index (χ3v) is 4.74. The van der Waals surface area contributed by atoms with Crippen LogP contribution in [0, 0.1) is 0 Å². The first-order valence-corrected chi connectivity index (χ1v) is 9.72. The third-order valence-electron chi connectivity index (χ3n) is 4.50. The fourth-order valence-electron chi connectivity index (χ4n) is 3.22. The summed E-state index contributed by atoms with van der Waals surface area (Å²) < 4.78 is 16.1. The van der Waals surface area contributed by atoms with E-state index in [0.717, 1.165) is 0 Å². The molecule has 0 aliphatic carbocycles. The molecular formula is C22H23ClN2O5. The SMILES string of the molecule is COC(=O)C1=C(c2ccc(OC)cc2)NC(=O)NC1c1cc(Cl)ccc1OC(C)C. The summed E-state index contributed by atoms with van der Waals surface area (Å²) in [7, 11) is 2.85. The first-order valence-electron chi connectivity index (χ1n) is 9.34. The van der Waals surface area contributed by atoms with Gasteiger partial charge < -0.3 is 24.8 Å². The maximum absolute atomic E-state index is 12.8. The van der Waals surface area contributed by atoms with Crippen LogP contribution in [0.3, 0.4) is 0 Å². The predicted molar refractivity (Wildman–Crippen MR) is 114 cm³/mol. The number of urea groups is 1. The van der Waals surface area contributed by atoms with Crippen molar-refractivity contribution >= 4 is 29.3 Å². The quantitative estimate of drug-likeness (QED) is 0.674. The van der Waals surface area contributed by atoms with Gasteiger partial charge in [-0.3, -0.25) is 0 Å². The Morgan fingerprint density at radius 3 is 2.40 bits per heavy atom. The van der Waals surface area contributed by atoms with Crippen molar-refractivity contribution in [2.24, 2.45) is 0 Å². The van der Waals surface area contributed by atoms with E-state index >= 15 is 0 Å². The molecule has 1 aliphatic heterocycles. The van der Waals surface area contributed by atoms with E-state index in [1.165, 1.54) is 7.11 Å². The molecule has 0 saturated carbocycles. The van der Waals surface area contributed by atoms with Crippen LogP contribution in [0.2, 0.25) is 5.02 Å². The Morgan fingerprint density at radius 1 is 1.10 bits per heavy atom. The number of nitrogens with one attached hydrogen (secondary N) is 2. The zero-order valence-electron chi connectivity index (χ0n) is 17.1. The fourth-order valence-corrected chi connectivity index (χ4v) is 3.40. The minimum Gasteiger partial charge on any atom is -0.497 e. The van der Waals surface area contributed by atoms with Gasteiger partial charge in [0.05, 0.1) is 37.6 Å². The van der Waals surface area contributed by atoms with Gasteiger partial charge in [-0.1, -0.05) is 11.6 Å². The Bertz CT molecular complexity index is 986. The molecule has 3 rings (SSSR count). The summed E-state index contributed by atoms with van der Waals surface area (Å²) in [5, 5.41) is 5.96. The van der Waals surface area contributed by atoms with E-state index in [1.807, 2.05) is 13.8 Å². The molecule has 0 spiro atoms. The Morgan fingerprint density at radius 2 is 1.80 bits per heavy atom. The van der Waals surface area contributed by atoms with Gasteiger partial charge in [0.15, 0.2) is 0 Å². The van der Waals surface area contributed by atoms with Crippen molar-refractivity contribution in [1.29, 1.82) is 0 Å². The van der Waals surface area contributed by atoms with E-state index in [2.05, 4.69) is 10.6 Å². The normalized spacial score (nSPS) is 16.1. The van der Waals surface area contributed by atoms with Gasteiger partial charge in [0, 0.05) is 10.6 Å². The van der Waals surface area contributed by atoms with Crippen LogP contribution in [0.15, 0.2) is 48.0 Å². The molecule has 2 N–H and O–H groups in total. The topological polar surface area (TPSA) is 85.9 Å². The first-order chi connectivity index (χ1) is 14.3. The number of ether oxygens (including phenoxy) is 3. The highest BCUT2D eigenvalue weighted by molar-refractivity contribution is 6.30. The molecule has 0 fully saturated rings. The van der Waals surface area contributed by atoms with Gasteiger partial charge in [-0.25, -0.2) is 9.59 Å². The minimum atomic E-state index is -0.823. The number of carbonyl (C=O) groups excluding carboxylic acids is 2. The number of amides is 2. The molecule has 7 nitrogen and oxygen atoms in total. The summed E-state index contributed by atoms with van der Waals surface area (Å²) in [4.78, 5) is 25.3. The van der Waals surface area contributed by atoms with Gasteiger partial charge in [-0.05, 0) is 61.9 Å². The smallest absolute Gasteiger partial charge is 0.338 e. The van der Waals surface area contributed by atoms with E-state index in [4.69, 9.17) is 25.8 Å². The number of benzene rings is 2. The van der Waals surface area contributed by atoms with Gasteiger partial charge in [0.2, 0.25) is 0 Å². The second-order valence-electron chi connectivity index (χ2n) is 6.89. The molecule has 1 unspecified atom stereocenters. The second-order valence-corrected chi connectivity index (χ2v) is 7.33. The Labute approximate surface area is 180 Å². The van der Waals surface area contributed by atoms with E-state index in [-0.39, 0.29) is 11.7 Å². The monoisotopic (exact) mass is 430 g/mol. The summed E-state index contributed by atoms with van der Waals surface area (Å²) in [6, 6.07) is 10.8. The molecule has 30 heavy (non-hydrogen) atoms. The van der Waals surface area contributed by atoms with E-state index < -0.39 is 18.0 Å². The molecule has 1 aliphatic rings. The van der Waals surface area contributed by atoms with Crippen LogP contribution in [0.4, 0.5) is 4.79 Å². The van der Waals surface area contributed by atoms with Crippen molar-refractivity contribution in [3.8, 4) is 11.5 Å². The molecule has 0 radical (unpaired) electrons. The maximum Gasteiger partial charge on any atom is 0.338 e. The van der Waals surface area contributed by atoms with Crippen molar-refractivity contribution in [3.05, 3.63) is 64.2 Å². The Kier molecular flexibility index (Phi) is 6.52. The van der Waals surface area contributed by atoms with Crippen LogP contribution in [-0.4, -0.2) is 32.3 Å². The lowest BCUT2D eigenvalue weighted by Crippen LogP contribution is -2.45.